The first-order chi connectivity index (χ1) is 14.0. The van der Waals surface area contributed by atoms with Crippen LogP contribution in [-0.2, 0) is 20.8 Å². The topological polar surface area (TPSA) is 65.1 Å². The van der Waals surface area contributed by atoms with Gasteiger partial charge in [0.15, 0.2) is 6.61 Å². The monoisotopic (exact) mass is 417 g/mol. The number of likely N-dealkylation sites (N-methyl/N-ethyl adjacent to an activating group) is 1. The molecule has 0 saturated carbocycles. The number of hydrogen-bond acceptors (Lipinski definition) is 5. The number of hydrogen-bond donors (Lipinski definition) is 0. The second-order valence-electron chi connectivity index (χ2n) is 6.92. The molecule has 1 amide bonds. The smallest absolute Gasteiger partial charge is 0.338 e. The van der Waals surface area contributed by atoms with Crippen LogP contribution in [0.4, 0.5) is 0 Å². The summed E-state index contributed by atoms with van der Waals surface area (Å²) in [4.78, 5) is 25.9. The lowest BCUT2D eigenvalue weighted by atomic mass is 10.2. The van der Waals surface area contributed by atoms with E-state index in [9.17, 15) is 9.59 Å². The van der Waals surface area contributed by atoms with Gasteiger partial charge in [-0.2, -0.15) is 0 Å². The van der Waals surface area contributed by atoms with Crippen molar-refractivity contribution in [2.75, 3.05) is 26.9 Å². The van der Waals surface area contributed by atoms with Crippen molar-refractivity contribution in [1.29, 1.82) is 0 Å². The third-order valence-corrected chi connectivity index (χ3v) is 4.89. The van der Waals surface area contributed by atoms with Crippen LogP contribution >= 0.6 is 11.6 Å². The molecule has 0 unspecified atom stereocenters. The van der Waals surface area contributed by atoms with E-state index in [1.807, 2.05) is 12.1 Å². The summed E-state index contributed by atoms with van der Waals surface area (Å²) in [5.41, 5.74) is 1.30. The Morgan fingerprint density at radius 3 is 2.52 bits per heavy atom. The minimum absolute atomic E-state index is 0.135. The molecule has 29 heavy (non-hydrogen) atoms. The zero-order valence-corrected chi connectivity index (χ0v) is 17.1. The number of esters is 1. The van der Waals surface area contributed by atoms with E-state index in [1.165, 1.54) is 4.90 Å². The van der Waals surface area contributed by atoms with E-state index in [1.54, 1.807) is 43.4 Å². The van der Waals surface area contributed by atoms with E-state index in [0.29, 0.717) is 29.5 Å². The Morgan fingerprint density at radius 1 is 1.14 bits per heavy atom. The summed E-state index contributed by atoms with van der Waals surface area (Å²) >= 11 is 5.86. The van der Waals surface area contributed by atoms with Crippen LogP contribution in [0.5, 0.6) is 5.75 Å². The number of halogens is 1. The van der Waals surface area contributed by atoms with Gasteiger partial charge in [-0.05, 0) is 54.8 Å². The van der Waals surface area contributed by atoms with Gasteiger partial charge in [-0.1, -0.05) is 23.7 Å². The van der Waals surface area contributed by atoms with Crippen molar-refractivity contribution in [3.63, 3.8) is 0 Å². The highest BCUT2D eigenvalue weighted by Gasteiger charge is 2.17. The molecule has 1 saturated heterocycles. The number of ether oxygens (including phenoxy) is 3. The zero-order valence-electron chi connectivity index (χ0n) is 16.3. The summed E-state index contributed by atoms with van der Waals surface area (Å²) in [6, 6.07) is 13.9. The maximum Gasteiger partial charge on any atom is 0.338 e. The van der Waals surface area contributed by atoms with Gasteiger partial charge in [0.2, 0.25) is 0 Å². The molecule has 154 valence electrons. The van der Waals surface area contributed by atoms with Crippen LogP contribution in [0.15, 0.2) is 48.5 Å². The molecule has 0 radical (unpaired) electrons. The molecular weight excluding hydrogens is 394 g/mol. The average molecular weight is 418 g/mol. The van der Waals surface area contributed by atoms with E-state index < -0.39 is 5.97 Å². The standard InChI is InChI=1S/C22H24ClNO5/c1-24(13-16-4-8-18(23)9-5-16)21(25)15-29-22(26)17-6-10-19(11-7-17)28-14-20-3-2-12-27-20/h4-11,20H,2-3,12-15H2,1H3/t20-/m1/s1. The number of carbonyl (C=O) groups excluding carboxylic acids is 2. The lowest BCUT2D eigenvalue weighted by Crippen LogP contribution is -2.30. The van der Waals surface area contributed by atoms with Crippen LogP contribution < -0.4 is 4.74 Å². The van der Waals surface area contributed by atoms with E-state index >= 15 is 0 Å². The van der Waals surface area contributed by atoms with Gasteiger partial charge < -0.3 is 19.1 Å². The molecule has 0 aliphatic carbocycles. The van der Waals surface area contributed by atoms with Crippen molar-refractivity contribution in [1.82, 2.24) is 4.90 Å². The summed E-state index contributed by atoms with van der Waals surface area (Å²) < 4.78 is 16.3. The van der Waals surface area contributed by atoms with Crippen molar-refractivity contribution < 1.29 is 23.8 Å². The quantitative estimate of drug-likeness (QED) is 0.612. The van der Waals surface area contributed by atoms with Gasteiger partial charge >= 0.3 is 5.97 Å². The van der Waals surface area contributed by atoms with Crippen LogP contribution in [0.25, 0.3) is 0 Å². The molecule has 1 heterocycles. The molecule has 2 aromatic carbocycles. The predicted octanol–water partition coefficient (Wildman–Crippen LogP) is 3.71. The Balaban J connectivity index is 1.43. The van der Waals surface area contributed by atoms with Gasteiger partial charge in [0.1, 0.15) is 12.4 Å². The second-order valence-corrected chi connectivity index (χ2v) is 7.36. The van der Waals surface area contributed by atoms with Crippen molar-refractivity contribution in [3.8, 4) is 5.75 Å². The van der Waals surface area contributed by atoms with Crippen molar-refractivity contribution in [3.05, 3.63) is 64.7 Å². The molecule has 1 aliphatic rings. The molecule has 2 aromatic rings. The maximum absolute atomic E-state index is 12.2. The van der Waals surface area contributed by atoms with Gasteiger partial charge in [0, 0.05) is 25.2 Å². The fraction of sp³-hybridized carbons (Fsp3) is 0.364. The summed E-state index contributed by atoms with van der Waals surface area (Å²) in [6.07, 6.45) is 2.20. The third-order valence-electron chi connectivity index (χ3n) is 4.64. The minimum Gasteiger partial charge on any atom is -0.491 e. The first-order valence-corrected chi connectivity index (χ1v) is 9.89. The van der Waals surface area contributed by atoms with Gasteiger partial charge in [-0.15, -0.1) is 0 Å². The largest absolute Gasteiger partial charge is 0.491 e. The molecule has 0 aromatic heterocycles. The number of rotatable bonds is 8. The Bertz CT molecular complexity index is 816. The van der Waals surface area contributed by atoms with Gasteiger partial charge in [-0.25, -0.2) is 4.79 Å². The predicted molar refractivity (Wildman–Crippen MR) is 109 cm³/mol. The fourth-order valence-corrected chi connectivity index (χ4v) is 3.05. The van der Waals surface area contributed by atoms with Gasteiger partial charge in [-0.3, -0.25) is 4.79 Å². The van der Waals surface area contributed by atoms with Crippen LogP contribution in [-0.4, -0.2) is 49.7 Å². The number of amides is 1. The van der Waals surface area contributed by atoms with Crippen LogP contribution in [0, 0.1) is 0 Å². The summed E-state index contributed by atoms with van der Waals surface area (Å²) in [7, 11) is 1.66. The minimum atomic E-state index is -0.552. The molecule has 0 N–H and O–H groups in total. The lowest BCUT2D eigenvalue weighted by Gasteiger charge is -2.17. The lowest BCUT2D eigenvalue weighted by molar-refractivity contribution is -0.133. The van der Waals surface area contributed by atoms with E-state index in [2.05, 4.69) is 0 Å². The third kappa shape index (κ3) is 6.48. The molecule has 1 aliphatic heterocycles. The highest BCUT2D eigenvalue weighted by molar-refractivity contribution is 6.30. The van der Waals surface area contributed by atoms with E-state index in [0.717, 1.165) is 25.0 Å². The van der Waals surface area contributed by atoms with Crippen molar-refractivity contribution >= 4 is 23.5 Å². The molecule has 0 bridgehead atoms. The van der Waals surface area contributed by atoms with Gasteiger partial charge in [0.25, 0.3) is 5.91 Å². The number of nitrogens with zero attached hydrogens (tertiary/aromatic N) is 1. The number of carbonyl (C=O) groups is 2. The SMILES string of the molecule is CN(Cc1ccc(Cl)cc1)C(=O)COC(=O)c1ccc(OC[C@H]2CCCO2)cc1. The molecule has 0 spiro atoms. The maximum atomic E-state index is 12.2. The van der Waals surface area contributed by atoms with Crippen LogP contribution in [0.2, 0.25) is 5.02 Å². The van der Waals surface area contributed by atoms with Crippen LogP contribution in [0.3, 0.4) is 0 Å². The Hall–Kier alpha value is -2.57. The second kappa shape index (κ2) is 10.3. The summed E-state index contributed by atoms with van der Waals surface area (Å²) in [5, 5.41) is 0.639. The molecule has 1 fully saturated rings. The highest BCUT2D eigenvalue weighted by atomic mass is 35.5. The van der Waals surface area contributed by atoms with Crippen molar-refractivity contribution in [2.45, 2.75) is 25.5 Å². The Morgan fingerprint density at radius 2 is 1.86 bits per heavy atom. The van der Waals surface area contributed by atoms with E-state index in [4.69, 9.17) is 25.8 Å². The average Bonchev–Trinajstić information content (AvgIpc) is 3.26. The van der Waals surface area contributed by atoms with Crippen LogP contribution in [0.1, 0.15) is 28.8 Å². The Labute approximate surface area is 175 Å². The first-order valence-electron chi connectivity index (χ1n) is 9.51. The fourth-order valence-electron chi connectivity index (χ4n) is 2.92. The summed E-state index contributed by atoms with van der Waals surface area (Å²) in [5.74, 6) is -0.176. The molecule has 1 atom stereocenters. The summed E-state index contributed by atoms with van der Waals surface area (Å²) in [6.45, 7) is 1.37. The highest BCUT2D eigenvalue weighted by Crippen LogP contribution is 2.17. The molecule has 7 heteroatoms. The van der Waals surface area contributed by atoms with E-state index in [-0.39, 0.29) is 18.6 Å². The Kier molecular flexibility index (Phi) is 7.49. The number of benzene rings is 2. The zero-order chi connectivity index (χ0) is 20.6. The molecular formula is C22H24ClNO5. The first kappa shape index (κ1) is 21.1. The molecule has 3 rings (SSSR count). The normalized spacial score (nSPS) is 15.7. The molecule has 6 nitrogen and oxygen atoms in total. The van der Waals surface area contributed by atoms with Gasteiger partial charge in [0.05, 0.1) is 11.7 Å². The van der Waals surface area contributed by atoms with Crippen molar-refractivity contribution in [2.24, 2.45) is 0 Å².